The number of nitriles is 1. The minimum atomic E-state index is -4.69. The van der Waals surface area contributed by atoms with Gasteiger partial charge in [0.25, 0.3) is 10.0 Å². The molecule has 0 aliphatic rings. The van der Waals surface area contributed by atoms with Crippen molar-refractivity contribution in [3.05, 3.63) is 82.4 Å². The summed E-state index contributed by atoms with van der Waals surface area (Å²) < 4.78 is 72.7. The number of nitrogens with zero attached hydrogens (tertiary/aromatic N) is 1. The molecule has 0 bridgehead atoms. The molecule has 1 amide bonds. The van der Waals surface area contributed by atoms with Gasteiger partial charge in [0.2, 0.25) is 5.91 Å². The number of hydrogen-bond donors (Lipinski definition) is 2. The Morgan fingerprint density at radius 3 is 2.41 bits per heavy atom. The Kier molecular flexibility index (Phi) is 8.68. The van der Waals surface area contributed by atoms with E-state index in [4.69, 9.17) is 16.3 Å². The fourth-order valence-electron chi connectivity index (χ4n) is 3.29. The molecule has 37 heavy (non-hydrogen) atoms. The highest BCUT2D eigenvalue weighted by Gasteiger charge is 2.33. The summed E-state index contributed by atoms with van der Waals surface area (Å²) in [7, 11) is -3.99. The molecule has 0 saturated heterocycles. The van der Waals surface area contributed by atoms with Gasteiger partial charge in [-0.05, 0) is 66.9 Å². The van der Waals surface area contributed by atoms with E-state index in [2.05, 4.69) is 10.0 Å². The molecule has 3 rings (SSSR count). The van der Waals surface area contributed by atoms with Crippen LogP contribution in [-0.2, 0) is 27.4 Å². The molecule has 2 N–H and O–H groups in total. The number of hydrogen-bond acceptors (Lipinski definition) is 5. The van der Waals surface area contributed by atoms with Gasteiger partial charge in [0.05, 0.1) is 26.7 Å². The standard InChI is InChI=1S/C25H21ClF3N3O4S/c1-16(33)31-12-2-3-17-4-8-21(9-5-17)37(34,35)32-19-6-11-24(18(13-19)15-30)36-20-7-10-23(26)22(14-20)25(27,28)29/h4-11,13-14,32H,2-3,12H2,1H3,(H,31,33). The van der Waals surface area contributed by atoms with E-state index in [1.807, 2.05) is 6.07 Å². The first-order valence-corrected chi connectivity index (χ1v) is 12.7. The molecule has 7 nitrogen and oxygen atoms in total. The number of ether oxygens (including phenoxy) is 1. The van der Waals surface area contributed by atoms with E-state index in [9.17, 15) is 31.6 Å². The molecule has 12 heteroatoms. The van der Waals surface area contributed by atoms with E-state index < -0.39 is 26.8 Å². The Balaban J connectivity index is 1.73. The highest BCUT2D eigenvalue weighted by molar-refractivity contribution is 7.92. The number of benzene rings is 3. The first kappa shape index (κ1) is 27.8. The maximum atomic E-state index is 13.1. The van der Waals surface area contributed by atoms with Gasteiger partial charge < -0.3 is 10.1 Å². The van der Waals surface area contributed by atoms with Gasteiger partial charge >= 0.3 is 6.18 Å². The molecule has 0 spiro atoms. The summed E-state index contributed by atoms with van der Waals surface area (Å²) in [4.78, 5) is 10.9. The van der Waals surface area contributed by atoms with Gasteiger partial charge in [-0.15, -0.1) is 0 Å². The lowest BCUT2D eigenvalue weighted by Crippen LogP contribution is -2.21. The third-order valence-electron chi connectivity index (χ3n) is 5.07. The fraction of sp³-hybridized carbons (Fsp3) is 0.200. The number of halogens is 4. The zero-order chi connectivity index (χ0) is 27.2. The van der Waals surface area contributed by atoms with Crippen LogP contribution in [0.15, 0.2) is 65.6 Å². The number of aryl methyl sites for hydroxylation is 1. The molecule has 0 saturated carbocycles. The minimum Gasteiger partial charge on any atom is -0.456 e. The van der Waals surface area contributed by atoms with Crippen LogP contribution in [0.4, 0.5) is 18.9 Å². The van der Waals surface area contributed by atoms with Crippen molar-refractivity contribution in [2.24, 2.45) is 0 Å². The van der Waals surface area contributed by atoms with Crippen molar-refractivity contribution >= 4 is 33.2 Å². The molecule has 3 aromatic carbocycles. The van der Waals surface area contributed by atoms with E-state index in [-0.39, 0.29) is 33.6 Å². The van der Waals surface area contributed by atoms with Gasteiger partial charge in [-0.3, -0.25) is 9.52 Å². The Labute approximate surface area is 216 Å². The monoisotopic (exact) mass is 551 g/mol. The summed E-state index contributed by atoms with van der Waals surface area (Å²) in [5.41, 5.74) is -0.227. The highest BCUT2D eigenvalue weighted by Crippen LogP contribution is 2.38. The number of carbonyl (C=O) groups is 1. The van der Waals surface area contributed by atoms with E-state index in [1.54, 1.807) is 12.1 Å². The van der Waals surface area contributed by atoms with Crippen molar-refractivity contribution < 1.29 is 31.1 Å². The number of nitrogens with one attached hydrogen (secondary N) is 2. The van der Waals surface area contributed by atoms with E-state index in [0.717, 1.165) is 11.6 Å². The summed E-state index contributed by atoms with van der Waals surface area (Å²) in [5.74, 6) is -0.379. The first-order valence-electron chi connectivity index (χ1n) is 10.8. The number of rotatable bonds is 9. The summed E-state index contributed by atoms with van der Waals surface area (Å²) in [6.07, 6.45) is -3.34. The van der Waals surface area contributed by atoms with Crippen LogP contribution in [0.3, 0.4) is 0 Å². The van der Waals surface area contributed by atoms with Crippen molar-refractivity contribution in [2.45, 2.75) is 30.8 Å². The minimum absolute atomic E-state index is 0.00205. The van der Waals surface area contributed by atoms with Crippen LogP contribution in [-0.4, -0.2) is 20.9 Å². The second-order valence-corrected chi connectivity index (χ2v) is 9.99. The number of carbonyl (C=O) groups excluding carboxylic acids is 1. The average Bonchev–Trinajstić information content (AvgIpc) is 2.83. The molecule has 3 aromatic rings. The number of alkyl halides is 3. The SMILES string of the molecule is CC(=O)NCCCc1ccc(S(=O)(=O)Nc2ccc(Oc3ccc(Cl)c(C(F)(F)F)c3)c(C#N)c2)cc1. The van der Waals surface area contributed by atoms with Gasteiger partial charge in [-0.25, -0.2) is 8.42 Å². The topological polar surface area (TPSA) is 108 Å². The van der Waals surface area contributed by atoms with E-state index in [0.29, 0.717) is 25.5 Å². The number of amides is 1. The molecule has 194 valence electrons. The third-order valence-corrected chi connectivity index (χ3v) is 6.80. The van der Waals surface area contributed by atoms with Crippen LogP contribution in [0.2, 0.25) is 5.02 Å². The summed E-state index contributed by atoms with van der Waals surface area (Å²) in [5, 5.41) is 11.7. The van der Waals surface area contributed by atoms with Crippen LogP contribution in [0.5, 0.6) is 11.5 Å². The van der Waals surface area contributed by atoms with Crippen molar-refractivity contribution in [3.63, 3.8) is 0 Å². The molecule has 0 aromatic heterocycles. The molecule has 0 heterocycles. The van der Waals surface area contributed by atoms with Crippen LogP contribution < -0.4 is 14.8 Å². The molecule has 0 aliphatic heterocycles. The largest absolute Gasteiger partial charge is 0.456 e. The number of anilines is 1. The van der Waals surface area contributed by atoms with Crippen LogP contribution >= 0.6 is 11.6 Å². The summed E-state index contributed by atoms with van der Waals surface area (Å²) in [6.45, 7) is 1.94. The molecule has 0 radical (unpaired) electrons. The van der Waals surface area contributed by atoms with E-state index in [1.165, 1.54) is 43.3 Å². The highest BCUT2D eigenvalue weighted by atomic mass is 35.5. The quantitative estimate of drug-likeness (QED) is 0.322. The maximum Gasteiger partial charge on any atom is 0.417 e. The maximum absolute atomic E-state index is 13.1. The molecule has 0 atom stereocenters. The van der Waals surface area contributed by atoms with Crippen LogP contribution in [0.1, 0.15) is 30.0 Å². The van der Waals surface area contributed by atoms with Gasteiger partial charge in [-0.1, -0.05) is 23.7 Å². The van der Waals surface area contributed by atoms with Gasteiger partial charge in [-0.2, -0.15) is 18.4 Å². The van der Waals surface area contributed by atoms with Crippen molar-refractivity contribution in [1.82, 2.24) is 5.32 Å². The van der Waals surface area contributed by atoms with Gasteiger partial charge in [0.15, 0.2) is 0 Å². The zero-order valence-corrected chi connectivity index (χ0v) is 21.0. The Hall–Kier alpha value is -3.75. The summed E-state index contributed by atoms with van der Waals surface area (Å²) in [6, 6.07) is 14.8. The lowest BCUT2D eigenvalue weighted by Gasteiger charge is -2.14. The molecule has 0 fully saturated rings. The number of sulfonamides is 1. The van der Waals surface area contributed by atoms with Crippen LogP contribution in [0.25, 0.3) is 0 Å². The average molecular weight is 552 g/mol. The Morgan fingerprint density at radius 2 is 1.78 bits per heavy atom. The van der Waals surface area contributed by atoms with Crippen molar-refractivity contribution in [2.75, 3.05) is 11.3 Å². The lowest BCUT2D eigenvalue weighted by atomic mass is 10.1. The summed E-state index contributed by atoms with van der Waals surface area (Å²) >= 11 is 5.62. The second kappa shape index (κ2) is 11.5. The zero-order valence-electron chi connectivity index (χ0n) is 19.4. The predicted octanol–water partition coefficient (Wildman–Crippen LogP) is 5.89. The van der Waals surface area contributed by atoms with Crippen LogP contribution in [0, 0.1) is 11.3 Å². The second-order valence-electron chi connectivity index (χ2n) is 7.90. The Morgan fingerprint density at radius 1 is 1.08 bits per heavy atom. The fourth-order valence-corrected chi connectivity index (χ4v) is 4.56. The van der Waals surface area contributed by atoms with Crippen molar-refractivity contribution in [1.29, 1.82) is 5.26 Å². The molecule has 0 aliphatic carbocycles. The first-order chi connectivity index (χ1) is 17.4. The normalized spacial score (nSPS) is 11.5. The predicted molar refractivity (Wildman–Crippen MR) is 132 cm³/mol. The molecular weight excluding hydrogens is 531 g/mol. The Bertz CT molecular complexity index is 1440. The van der Waals surface area contributed by atoms with Gasteiger partial charge in [0.1, 0.15) is 17.6 Å². The third kappa shape index (κ3) is 7.62. The van der Waals surface area contributed by atoms with E-state index >= 15 is 0 Å². The molecular formula is C25H21ClF3N3O4S. The lowest BCUT2D eigenvalue weighted by molar-refractivity contribution is -0.137. The molecule has 0 unspecified atom stereocenters. The smallest absolute Gasteiger partial charge is 0.417 e. The van der Waals surface area contributed by atoms with Gasteiger partial charge in [0, 0.05) is 13.5 Å². The van der Waals surface area contributed by atoms with Crippen molar-refractivity contribution in [3.8, 4) is 17.6 Å².